The topological polar surface area (TPSA) is 81.4 Å². The van der Waals surface area contributed by atoms with Crippen LogP contribution < -0.4 is 11.1 Å². The molecule has 0 saturated carbocycles. The monoisotopic (exact) mass is 264 g/mol. The first-order chi connectivity index (χ1) is 9.02. The summed E-state index contributed by atoms with van der Waals surface area (Å²) in [7, 11) is 0. The summed E-state index contributed by atoms with van der Waals surface area (Å²) >= 11 is 0. The third kappa shape index (κ3) is 5.42. The van der Waals surface area contributed by atoms with Gasteiger partial charge in [-0.3, -0.25) is 4.79 Å². The normalized spacial score (nSPS) is 11.7. The Morgan fingerprint density at radius 1 is 1.42 bits per heavy atom. The molecular weight excluding hydrogens is 244 g/mol. The number of aryl methyl sites for hydroxylation is 1. The maximum absolute atomic E-state index is 11.7. The van der Waals surface area contributed by atoms with Gasteiger partial charge in [0.2, 0.25) is 5.91 Å². The van der Waals surface area contributed by atoms with Crippen LogP contribution in [0.2, 0.25) is 0 Å². The summed E-state index contributed by atoms with van der Waals surface area (Å²) in [4.78, 5) is 23.0. The Morgan fingerprint density at radius 3 is 2.79 bits per heavy atom. The quantitative estimate of drug-likeness (QED) is 0.599. The number of anilines is 1. The lowest BCUT2D eigenvalue weighted by atomic mass is 10.1. The Kier molecular flexibility index (Phi) is 5.85. The van der Waals surface area contributed by atoms with Crippen molar-refractivity contribution < 1.29 is 14.3 Å². The third-order valence-electron chi connectivity index (χ3n) is 2.61. The van der Waals surface area contributed by atoms with Crippen LogP contribution in [0.3, 0.4) is 0 Å². The number of rotatable bonds is 6. The molecule has 0 aromatic heterocycles. The van der Waals surface area contributed by atoms with Crippen molar-refractivity contribution in [3.8, 4) is 0 Å². The van der Waals surface area contributed by atoms with E-state index in [4.69, 9.17) is 10.5 Å². The Morgan fingerprint density at radius 2 is 2.16 bits per heavy atom. The molecule has 1 unspecified atom stereocenters. The molecular formula is C14H20N2O3. The maximum Gasteiger partial charge on any atom is 0.328 e. The zero-order valence-corrected chi connectivity index (χ0v) is 11.3. The lowest BCUT2D eigenvalue weighted by Gasteiger charge is -2.12. The predicted octanol–water partition coefficient (Wildman–Crippen LogP) is 1.27. The highest BCUT2D eigenvalue weighted by Gasteiger charge is 2.16. The van der Waals surface area contributed by atoms with Crippen LogP contribution in [0, 0.1) is 0 Å². The predicted molar refractivity (Wildman–Crippen MR) is 73.4 cm³/mol. The van der Waals surface area contributed by atoms with Gasteiger partial charge in [-0.05, 0) is 38.0 Å². The molecule has 0 fully saturated rings. The number of carbonyl (C=O) groups excluding carboxylic acids is 2. The van der Waals surface area contributed by atoms with Gasteiger partial charge in [0.1, 0.15) is 6.04 Å². The molecule has 1 aromatic rings. The number of carbonyl (C=O) groups is 2. The van der Waals surface area contributed by atoms with E-state index < -0.39 is 12.0 Å². The molecule has 0 aliphatic carbocycles. The van der Waals surface area contributed by atoms with Crippen LogP contribution in [0.1, 0.15) is 25.8 Å². The molecule has 19 heavy (non-hydrogen) atoms. The first kappa shape index (κ1) is 15.0. The van der Waals surface area contributed by atoms with Crippen molar-refractivity contribution in [3.63, 3.8) is 0 Å². The molecule has 5 nitrogen and oxygen atoms in total. The number of hydrogen-bond donors (Lipinski definition) is 2. The molecule has 1 rings (SSSR count). The van der Waals surface area contributed by atoms with Crippen molar-refractivity contribution >= 4 is 17.6 Å². The molecule has 5 heteroatoms. The average Bonchev–Trinajstić information content (AvgIpc) is 2.36. The highest BCUT2D eigenvalue weighted by atomic mass is 16.5. The van der Waals surface area contributed by atoms with Gasteiger partial charge in [0.05, 0.1) is 6.61 Å². The Labute approximate surface area is 113 Å². The van der Waals surface area contributed by atoms with Gasteiger partial charge < -0.3 is 15.8 Å². The second-order valence-corrected chi connectivity index (χ2v) is 4.29. The highest BCUT2D eigenvalue weighted by Crippen LogP contribution is 2.08. The average molecular weight is 264 g/mol. The molecule has 1 atom stereocenters. The number of amides is 1. The summed E-state index contributed by atoms with van der Waals surface area (Å²) in [6.45, 7) is 3.64. The summed E-state index contributed by atoms with van der Waals surface area (Å²) in [6.07, 6.45) is 0.902. The van der Waals surface area contributed by atoms with Gasteiger partial charge in [0.15, 0.2) is 0 Å². The second-order valence-electron chi connectivity index (χ2n) is 4.29. The largest absolute Gasteiger partial charge is 0.464 e. The van der Waals surface area contributed by atoms with Gasteiger partial charge in [0, 0.05) is 12.1 Å². The van der Waals surface area contributed by atoms with E-state index in [-0.39, 0.29) is 5.91 Å². The van der Waals surface area contributed by atoms with Crippen LogP contribution in [-0.2, 0) is 20.7 Å². The van der Waals surface area contributed by atoms with Gasteiger partial charge in [-0.25, -0.2) is 4.79 Å². The van der Waals surface area contributed by atoms with E-state index in [9.17, 15) is 9.59 Å². The molecule has 0 saturated heterocycles. The number of nitrogens with one attached hydrogen (secondary N) is 1. The fourth-order valence-electron chi connectivity index (χ4n) is 1.65. The summed E-state index contributed by atoms with van der Waals surface area (Å²) < 4.78 is 4.81. The van der Waals surface area contributed by atoms with E-state index in [1.807, 2.05) is 18.2 Å². The van der Waals surface area contributed by atoms with Gasteiger partial charge in [-0.1, -0.05) is 12.1 Å². The van der Waals surface area contributed by atoms with E-state index in [0.717, 1.165) is 5.56 Å². The lowest BCUT2D eigenvalue weighted by Crippen LogP contribution is -2.39. The summed E-state index contributed by atoms with van der Waals surface area (Å²) in [5, 5.41) is 2.60. The number of benzene rings is 1. The van der Waals surface area contributed by atoms with Crippen molar-refractivity contribution in [3.05, 3.63) is 29.8 Å². The number of esters is 1. The van der Waals surface area contributed by atoms with Gasteiger partial charge in [-0.2, -0.15) is 0 Å². The van der Waals surface area contributed by atoms with Crippen molar-refractivity contribution in [1.82, 2.24) is 5.32 Å². The molecule has 104 valence electrons. The third-order valence-corrected chi connectivity index (χ3v) is 2.61. The minimum Gasteiger partial charge on any atom is -0.464 e. The minimum atomic E-state index is -0.617. The number of nitrogens with two attached hydrogens (primary N) is 1. The molecule has 0 aliphatic rings. The van der Waals surface area contributed by atoms with Crippen molar-refractivity contribution in [1.29, 1.82) is 0 Å². The Bertz CT molecular complexity index is 446. The number of nitrogen functional groups attached to an aromatic ring is 1. The molecule has 0 radical (unpaired) electrons. The molecule has 0 aliphatic heterocycles. The van der Waals surface area contributed by atoms with Crippen LogP contribution >= 0.6 is 0 Å². The molecule has 1 aromatic carbocycles. The summed E-state index contributed by atoms with van der Waals surface area (Å²) in [6, 6.07) is 6.78. The first-order valence-corrected chi connectivity index (χ1v) is 6.33. The van der Waals surface area contributed by atoms with E-state index in [1.165, 1.54) is 0 Å². The molecule has 3 N–H and O–H groups in total. The van der Waals surface area contributed by atoms with Crippen LogP contribution in [0.4, 0.5) is 5.69 Å². The van der Waals surface area contributed by atoms with Crippen LogP contribution in [0.15, 0.2) is 24.3 Å². The SMILES string of the molecule is CCOC(=O)C(C)NC(=O)CCc1cccc(N)c1. The summed E-state index contributed by atoms with van der Waals surface area (Å²) in [5.74, 6) is -0.595. The van der Waals surface area contributed by atoms with Crippen LogP contribution in [0.25, 0.3) is 0 Å². The zero-order chi connectivity index (χ0) is 14.3. The lowest BCUT2D eigenvalue weighted by molar-refractivity contribution is -0.146. The van der Waals surface area contributed by atoms with Gasteiger partial charge in [0.25, 0.3) is 0 Å². The minimum absolute atomic E-state index is 0.178. The van der Waals surface area contributed by atoms with E-state index >= 15 is 0 Å². The molecule has 0 bridgehead atoms. The van der Waals surface area contributed by atoms with E-state index in [0.29, 0.717) is 25.1 Å². The molecule has 0 heterocycles. The molecule has 0 spiro atoms. The Balaban J connectivity index is 2.37. The highest BCUT2D eigenvalue weighted by molar-refractivity contribution is 5.84. The summed E-state index contributed by atoms with van der Waals surface area (Å²) in [5.41, 5.74) is 7.33. The zero-order valence-electron chi connectivity index (χ0n) is 11.3. The second kappa shape index (κ2) is 7.41. The number of ether oxygens (including phenoxy) is 1. The fourth-order valence-corrected chi connectivity index (χ4v) is 1.65. The first-order valence-electron chi connectivity index (χ1n) is 6.33. The Hall–Kier alpha value is -2.04. The van der Waals surface area contributed by atoms with Gasteiger partial charge >= 0.3 is 5.97 Å². The van der Waals surface area contributed by atoms with Crippen molar-refractivity contribution in [2.45, 2.75) is 32.7 Å². The van der Waals surface area contributed by atoms with Crippen molar-refractivity contribution in [2.24, 2.45) is 0 Å². The van der Waals surface area contributed by atoms with Crippen LogP contribution in [0.5, 0.6) is 0 Å². The van der Waals surface area contributed by atoms with Gasteiger partial charge in [-0.15, -0.1) is 0 Å². The maximum atomic E-state index is 11.7. The van der Waals surface area contributed by atoms with E-state index in [1.54, 1.807) is 19.9 Å². The van der Waals surface area contributed by atoms with Crippen molar-refractivity contribution in [2.75, 3.05) is 12.3 Å². The van der Waals surface area contributed by atoms with Crippen LogP contribution in [-0.4, -0.2) is 24.5 Å². The fraction of sp³-hybridized carbons (Fsp3) is 0.429. The number of hydrogen-bond acceptors (Lipinski definition) is 4. The molecule has 1 amide bonds. The van der Waals surface area contributed by atoms with E-state index in [2.05, 4.69) is 5.32 Å². The standard InChI is InChI=1S/C14H20N2O3/c1-3-19-14(18)10(2)16-13(17)8-7-11-5-4-6-12(15)9-11/h4-6,9-10H,3,7-8,15H2,1-2H3,(H,16,17). The smallest absolute Gasteiger partial charge is 0.328 e.